The van der Waals surface area contributed by atoms with Gasteiger partial charge in [-0.1, -0.05) is 31.2 Å². The molecule has 0 unspecified atom stereocenters. The van der Waals surface area contributed by atoms with Gasteiger partial charge < -0.3 is 4.74 Å². The molecule has 1 aromatic carbocycles. The van der Waals surface area contributed by atoms with Gasteiger partial charge in [-0.2, -0.15) is 12.6 Å². The maximum absolute atomic E-state index is 10.9. The summed E-state index contributed by atoms with van der Waals surface area (Å²) in [5.74, 6) is -0.145. The Balaban J connectivity index is 2.61. The van der Waals surface area contributed by atoms with Crippen molar-refractivity contribution in [3.05, 3.63) is 35.4 Å². The largest absolute Gasteiger partial charge is 0.460 e. The maximum atomic E-state index is 10.9. The second-order valence-corrected chi connectivity index (χ2v) is 3.26. The van der Waals surface area contributed by atoms with Crippen LogP contribution in [0, 0.1) is 0 Å². The van der Waals surface area contributed by atoms with E-state index in [1.54, 1.807) is 0 Å². The summed E-state index contributed by atoms with van der Waals surface area (Å²) in [4.78, 5) is 10.9. The number of benzene rings is 1. The van der Waals surface area contributed by atoms with Crippen LogP contribution in [0.1, 0.15) is 18.1 Å². The summed E-state index contributed by atoms with van der Waals surface area (Å²) in [6, 6.07) is 7.96. The third kappa shape index (κ3) is 3.07. The lowest BCUT2D eigenvalue weighted by Crippen LogP contribution is -2.06. The third-order valence-electron chi connectivity index (χ3n) is 2.02. The Hall–Kier alpha value is -0.960. The minimum Gasteiger partial charge on any atom is -0.460 e. The van der Waals surface area contributed by atoms with E-state index in [0.717, 1.165) is 12.0 Å². The fourth-order valence-electron chi connectivity index (χ4n) is 1.25. The zero-order valence-electron chi connectivity index (χ0n) is 8.19. The summed E-state index contributed by atoms with van der Waals surface area (Å²) in [5, 5.41) is 0. The predicted octanol–water partition coefficient (Wildman–Crippen LogP) is 2.22. The van der Waals surface area contributed by atoms with Gasteiger partial charge in [0.05, 0.1) is 5.75 Å². The summed E-state index contributed by atoms with van der Waals surface area (Å²) < 4.78 is 5.00. The first-order valence-electron chi connectivity index (χ1n) is 4.61. The van der Waals surface area contributed by atoms with E-state index in [1.165, 1.54) is 5.56 Å². The molecule has 0 amide bonds. The first-order chi connectivity index (χ1) is 6.77. The van der Waals surface area contributed by atoms with Gasteiger partial charge >= 0.3 is 5.97 Å². The third-order valence-corrected chi connectivity index (χ3v) is 2.28. The van der Waals surface area contributed by atoms with Gasteiger partial charge in [0, 0.05) is 0 Å². The van der Waals surface area contributed by atoms with E-state index in [1.807, 2.05) is 24.3 Å². The van der Waals surface area contributed by atoms with E-state index in [9.17, 15) is 4.79 Å². The molecule has 0 bridgehead atoms. The minimum absolute atomic E-state index is 0.133. The van der Waals surface area contributed by atoms with Crippen molar-refractivity contribution in [2.24, 2.45) is 0 Å². The van der Waals surface area contributed by atoms with Gasteiger partial charge in [0.15, 0.2) is 0 Å². The van der Waals surface area contributed by atoms with Crippen molar-refractivity contribution < 1.29 is 9.53 Å². The highest BCUT2D eigenvalue weighted by atomic mass is 32.1. The molecular formula is C11H14O2S. The highest BCUT2D eigenvalue weighted by Gasteiger charge is 2.03. The number of hydrogen-bond acceptors (Lipinski definition) is 3. The van der Waals surface area contributed by atoms with Gasteiger partial charge in [-0.25, -0.2) is 0 Å². The Morgan fingerprint density at radius 3 is 2.57 bits per heavy atom. The van der Waals surface area contributed by atoms with Crippen LogP contribution in [0.3, 0.4) is 0 Å². The smallest absolute Gasteiger partial charge is 0.315 e. The Bertz CT molecular complexity index is 310. The van der Waals surface area contributed by atoms with Crippen molar-refractivity contribution in [3.8, 4) is 0 Å². The van der Waals surface area contributed by atoms with Gasteiger partial charge in [-0.3, -0.25) is 4.79 Å². The van der Waals surface area contributed by atoms with Crippen molar-refractivity contribution in [3.63, 3.8) is 0 Å². The summed E-state index contributed by atoms with van der Waals surface area (Å²) in [6.45, 7) is 2.43. The Kier molecular flexibility index (Phi) is 4.53. The average molecular weight is 210 g/mol. The molecule has 0 fully saturated rings. The van der Waals surface area contributed by atoms with Crippen LogP contribution in [0.4, 0.5) is 0 Å². The standard InChI is InChI=1S/C11H14O2S/c1-2-9-5-3-4-6-10(9)7-13-11(12)8-14/h3-6,14H,2,7-8H2,1H3. The molecule has 0 atom stereocenters. The lowest BCUT2D eigenvalue weighted by molar-refractivity contribution is -0.141. The minimum atomic E-state index is -0.278. The number of esters is 1. The maximum Gasteiger partial charge on any atom is 0.315 e. The van der Waals surface area contributed by atoms with Gasteiger partial charge in [-0.05, 0) is 17.5 Å². The second kappa shape index (κ2) is 5.70. The fourth-order valence-corrected chi connectivity index (χ4v) is 1.34. The zero-order valence-corrected chi connectivity index (χ0v) is 9.09. The Labute approximate surface area is 89.7 Å². The Morgan fingerprint density at radius 2 is 2.00 bits per heavy atom. The molecule has 0 aliphatic rings. The highest BCUT2D eigenvalue weighted by molar-refractivity contribution is 7.81. The summed E-state index contributed by atoms with van der Waals surface area (Å²) >= 11 is 3.84. The molecule has 14 heavy (non-hydrogen) atoms. The molecule has 0 heterocycles. The van der Waals surface area contributed by atoms with E-state index in [4.69, 9.17) is 4.74 Å². The fraction of sp³-hybridized carbons (Fsp3) is 0.364. The molecule has 76 valence electrons. The summed E-state index contributed by atoms with van der Waals surface area (Å²) in [7, 11) is 0. The zero-order chi connectivity index (χ0) is 10.4. The topological polar surface area (TPSA) is 26.3 Å². The number of rotatable bonds is 4. The van der Waals surface area contributed by atoms with Crippen LogP contribution in [-0.2, 0) is 22.6 Å². The molecule has 0 saturated carbocycles. The highest BCUT2D eigenvalue weighted by Crippen LogP contribution is 2.10. The molecule has 1 aromatic rings. The van der Waals surface area contributed by atoms with Crippen molar-refractivity contribution in [1.29, 1.82) is 0 Å². The van der Waals surface area contributed by atoms with E-state index in [-0.39, 0.29) is 11.7 Å². The van der Waals surface area contributed by atoms with Crippen molar-refractivity contribution >= 4 is 18.6 Å². The van der Waals surface area contributed by atoms with E-state index < -0.39 is 0 Å². The number of aryl methyl sites for hydroxylation is 1. The molecule has 0 aliphatic heterocycles. The second-order valence-electron chi connectivity index (χ2n) is 2.94. The van der Waals surface area contributed by atoms with Crippen LogP contribution < -0.4 is 0 Å². The van der Waals surface area contributed by atoms with Crippen molar-refractivity contribution in [2.45, 2.75) is 20.0 Å². The van der Waals surface area contributed by atoms with Crippen LogP contribution in [-0.4, -0.2) is 11.7 Å². The monoisotopic (exact) mass is 210 g/mol. The first kappa shape index (κ1) is 11.1. The molecule has 0 radical (unpaired) electrons. The lowest BCUT2D eigenvalue weighted by atomic mass is 10.1. The average Bonchev–Trinajstić information content (AvgIpc) is 2.26. The van der Waals surface area contributed by atoms with Gasteiger partial charge in [-0.15, -0.1) is 0 Å². The van der Waals surface area contributed by atoms with Crippen molar-refractivity contribution in [2.75, 3.05) is 5.75 Å². The molecule has 0 saturated heterocycles. The van der Waals surface area contributed by atoms with Crippen molar-refractivity contribution in [1.82, 2.24) is 0 Å². The molecule has 3 heteroatoms. The first-order valence-corrected chi connectivity index (χ1v) is 5.24. The number of thiol groups is 1. The Morgan fingerprint density at radius 1 is 1.36 bits per heavy atom. The number of carbonyl (C=O) groups excluding carboxylic acids is 1. The molecule has 0 N–H and O–H groups in total. The summed E-state index contributed by atoms with van der Waals surface area (Å²) in [5.41, 5.74) is 2.30. The lowest BCUT2D eigenvalue weighted by Gasteiger charge is -2.07. The van der Waals surface area contributed by atoms with Gasteiger partial charge in [0.2, 0.25) is 0 Å². The normalized spacial score (nSPS) is 9.86. The number of hydrogen-bond donors (Lipinski definition) is 1. The van der Waals surface area contributed by atoms with E-state index in [2.05, 4.69) is 19.6 Å². The molecule has 0 spiro atoms. The SMILES string of the molecule is CCc1ccccc1COC(=O)CS. The van der Waals surface area contributed by atoms with Crippen LogP contribution in [0.15, 0.2) is 24.3 Å². The quantitative estimate of drug-likeness (QED) is 0.609. The van der Waals surface area contributed by atoms with Gasteiger partial charge in [0.25, 0.3) is 0 Å². The predicted molar refractivity (Wildman–Crippen MR) is 59.5 cm³/mol. The molecular weight excluding hydrogens is 196 g/mol. The van der Waals surface area contributed by atoms with E-state index >= 15 is 0 Å². The van der Waals surface area contributed by atoms with Crippen LogP contribution in [0.25, 0.3) is 0 Å². The number of carbonyl (C=O) groups is 1. The number of ether oxygens (including phenoxy) is 1. The van der Waals surface area contributed by atoms with Crippen LogP contribution in [0.5, 0.6) is 0 Å². The van der Waals surface area contributed by atoms with Crippen LogP contribution >= 0.6 is 12.6 Å². The molecule has 0 aliphatic carbocycles. The van der Waals surface area contributed by atoms with Crippen LogP contribution in [0.2, 0.25) is 0 Å². The van der Waals surface area contributed by atoms with E-state index in [0.29, 0.717) is 6.61 Å². The van der Waals surface area contributed by atoms with Gasteiger partial charge in [0.1, 0.15) is 6.61 Å². The molecule has 2 nitrogen and oxygen atoms in total. The molecule has 0 aromatic heterocycles. The molecule has 1 rings (SSSR count). The summed E-state index contributed by atoms with van der Waals surface area (Å²) in [6.07, 6.45) is 0.953.